The van der Waals surface area contributed by atoms with Gasteiger partial charge in [0.15, 0.2) is 0 Å². The van der Waals surface area contributed by atoms with Gasteiger partial charge in [0, 0.05) is 0 Å². The third kappa shape index (κ3) is 4.11. The third-order valence-electron chi connectivity index (χ3n) is 6.40. The number of aryl methyl sites for hydroxylation is 3. The molecule has 0 saturated heterocycles. The van der Waals surface area contributed by atoms with Gasteiger partial charge in [0.05, 0.1) is 12.7 Å². The van der Waals surface area contributed by atoms with Crippen molar-refractivity contribution in [2.45, 2.75) is 44.4 Å². The Balaban J connectivity index is 1.56. The highest BCUT2D eigenvalue weighted by Gasteiger charge is 2.36. The summed E-state index contributed by atoms with van der Waals surface area (Å²) in [4.78, 5) is 11.1. The number of methoxy groups -OCH3 is 1. The minimum Gasteiger partial charge on any atom is -0.497 e. The van der Waals surface area contributed by atoms with Gasteiger partial charge in [-0.05, 0) is 89.6 Å². The molecule has 1 aliphatic rings. The predicted octanol–water partition coefficient (Wildman–Crippen LogP) is 5.63. The smallest absolute Gasteiger partial charge is 0.335 e. The van der Waals surface area contributed by atoms with Crippen molar-refractivity contribution in [3.05, 3.63) is 100 Å². The average Bonchev–Trinajstić information content (AvgIpc) is 3.09. The topological polar surface area (TPSA) is 46.5 Å². The summed E-state index contributed by atoms with van der Waals surface area (Å²) in [7, 11) is 1.72. The van der Waals surface area contributed by atoms with Crippen molar-refractivity contribution in [3.63, 3.8) is 0 Å². The van der Waals surface area contributed by atoms with Gasteiger partial charge in [-0.1, -0.05) is 49.4 Å². The molecule has 1 aliphatic carbocycles. The van der Waals surface area contributed by atoms with Gasteiger partial charge in [-0.3, -0.25) is 0 Å². The Morgan fingerprint density at radius 2 is 1.77 bits per heavy atom. The Kier molecular flexibility index (Phi) is 5.63. The standard InChI is InChI=1S/C27H28O3/c1-27(18-20-5-3-8-24(17-20)30-2)16-15-22-7-4-6-21(25(22)27)12-9-19-10-13-23(14-11-19)26(28)29/h3-8,10-11,13-14,17H,9,12,15-16,18H2,1-2H3,(H,28,29). The summed E-state index contributed by atoms with van der Waals surface area (Å²) < 4.78 is 5.42. The van der Waals surface area contributed by atoms with Gasteiger partial charge in [0.2, 0.25) is 0 Å². The summed E-state index contributed by atoms with van der Waals surface area (Å²) in [6.45, 7) is 2.39. The molecule has 0 fully saturated rings. The van der Waals surface area contributed by atoms with Crippen molar-refractivity contribution in [3.8, 4) is 5.75 Å². The minimum atomic E-state index is -0.879. The maximum atomic E-state index is 11.1. The SMILES string of the molecule is COc1cccc(CC2(C)CCc3cccc(CCc4ccc(C(=O)O)cc4)c32)c1. The van der Waals surface area contributed by atoms with Gasteiger partial charge in [-0.15, -0.1) is 0 Å². The van der Waals surface area contributed by atoms with Crippen molar-refractivity contribution in [1.82, 2.24) is 0 Å². The molecule has 0 amide bonds. The largest absolute Gasteiger partial charge is 0.497 e. The van der Waals surface area contributed by atoms with Gasteiger partial charge >= 0.3 is 5.97 Å². The van der Waals surface area contributed by atoms with Crippen LogP contribution >= 0.6 is 0 Å². The molecule has 0 saturated carbocycles. The van der Waals surface area contributed by atoms with Crippen molar-refractivity contribution in [2.24, 2.45) is 0 Å². The molecule has 0 aliphatic heterocycles. The highest BCUT2D eigenvalue weighted by molar-refractivity contribution is 5.87. The zero-order valence-electron chi connectivity index (χ0n) is 17.7. The number of carboxylic acid groups (broad SMARTS) is 1. The number of hydrogen-bond acceptors (Lipinski definition) is 2. The fourth-order valence-corrected chi connectivity index (χ4v) is 4.88. The Bertz CT molecular complexity index is 1050. The molecule has 1 N–H and O–H groups in total. The molecule has 154 valence electrons. The molecule has 3 aromatic carbocycles. The molecule has 0 bridgehead atoms. The second kappa shape index (κ2) is 8.35. The Morgan fingerprint density at radius 3 is 2.50 bits per heavy atom. The molecule has 0 heterocycles. The molecule has 0 aromatic heterocycles. The van der Waals surface area contributed by atoms with Crippen LogP contribution in [0.3, 0.4) is 0 Å². The van der Waals surface area contributed by atoms with Crippen LogP contribution in [0.4, 0.5) is 0 Å². The normalized spacial score (nSPS) is 17.5. The lowest BCUT2D eigenvalue weighted by Crippen LogP contribution is -2.23. The fraction of sp³-hybridized carbons (Fsp3) is 0.296. The number of rotatable bonds is 7. The lowest BCUT2D eigenvalue weighted by atomic mass is 9.76. The van der Waals surface area contributed by atoms with Crippen LogP contribution < -0.4 is 4.74 Å². The van der Waals surface area contributed by atoms with Gasteiger partial charge < -0.3 is 9.84 Å². The van der Waals surface area contributed by atoms with E-state index in [4.69, 9.17) is 9.84 Å². The second-order valence-corrected chi connectivity index (χ2v) is 8.54. The fourth-order valence-electron chi connectivity index (χ4n) is 4.88. The maximum absolute atomic E-state index is 11.1. The minimum absolute atomic E-state index is 0.117. The molecule has 30 heavy (non-hydrogen) atoms. The number of aromatic carboxylic acids is 1. The van der Waals surface area contributed by atoms with Crippen LogP contribution in [0.1, 0.15) is 51.5 Å². The number of carbonyl (C=O) groups is 1. The van der Waals surface area contributed by atoms with E-state index >= 15 is 0 Å². The summed E-state index contributed by atoms with van der Waals surface area (Å²) >= 11 is 0. The van der Waals surface area contributed by atoms with E-state index < -0.39 is 5.97 Å². The third-order valence-corrected chi connectivity index (χ3v) is 6.40. The molecule has 0 spiro atoms. The summed E-state index contributed by atoms with van der Waals surface area (Å²) in [6, 6.07) is 22.4. The van der Waals surface area contributed by atoms with Crippen molar-refractivity contribution < 1.29 is 14.6 Å². The van der Waals surface area contributed by atoms with Crippen LogP contribution in [0, 0.1) is 0 Å². The van der Waals surface area contributed by atoms with Crippen LogP contribution in [0.15, 0.2) is 66.7 Å². The number of benzene rings is 3. The quantitative estimate of drug-likeness (QED) is 0.559. The number of carboxylic acids is 1. The summed E-state index contributed by atoms with van der Waals surface area (Å²) in [6.07, 6.45) is 5.15. The predicted molar refractivity (Wildman–Crippen MR) is 120 cm³/mol. The first-order valence-corrected chi connectivity index (χ1v) is 10.5. The molecule has 3 nitrogen and oxygen atoms in total. The highest BCUT2D eigenvalue weighted by Crippen LogP contribution is 2.43. The van der Waals surface area contributed by atoms with Crippen LogP contribution in [0.5, 0.6) is 5.75 Å². The van der Waals surface area contributed by atoms with Gasteiger partial charge in [0.1, 0.15) is 5.75 Å². The first kappa shape index (κ1) is 20.2. The molecular weight excluding hydrogens is 372 g/mol. The first-order chi connectivity index (χ1) is 14.5. The van der Waals surface area contributed by atoms with E-state index in [0.29, 0.717) is 5.56 Å². The first-order valence-electron chi connectivity index (χ1n) is 10.5. The Labute approximate surface area is 178 Å². The van der Waals surface area contributed by atoms with E-state index in [0.717, 1.165) is 37.9 Å². The summed E-state index contributed by atoms with van der Waals surface area (Å²) in [5.41, 5.74) is 7.33. The zero-order valence-corrected chi connectivity index (χ0v) is 17.7. The number of fused-ring (bicyclic) bond motifs is 1. The number of ether oxygens (including phenoxy) is 1. The molecular formula is C27H28O3. The lowest BCUT2D eigenvalue weighted by molar-refractivity contribution is 0.0697. The number of hydrogen-bond donors (Lipinski definition) is 1. The Hall–Kier alpha value is -3.07. The van der Waals surface area contributed by atoms with E-state index in [1.54, 1.807) is 19.2 Å². The van der Waals surface area contributed by atoms with Gasteiger partial charge in [0.25, 0.3) is 0 Å². The summed E-state index contributed by atoms with van der Waals surface area (Å²) in [5.74, 6) is 0.0307. The van der Waals surface area contributed by atoms with Crippen LogP contribution in [0.2, 0.25) is 0 Å². The van der Waals surface area contributed by atoms with E-state index in [-0.39, 0.29) is 5.41 Å². The molecule has 1 atom stereocenters. The van der Waals surface area contributed by atoms with Gasteiger partial charge in [-0.2, -0.15) is 0 Å². The van der Waals surface area contributed by atoms with E-state index in [9.17, 15) is 4.79 Å². The second-order valence-electron chi connectivity index (χ2n) is 8.54. The molecule has 3 heteroatoms. The molecule has 1 unspecified atom stereocenters. The monoisotopic (exact) mass is 400 g/mol. The van der Waals surface area contributed by atoms with Crippen molar-refractivity contribution >= 4 is 5.97 Å². The average molecular weight is 401 g/mol. The molecule has 0 radical (unpaired) electrons. The van der Waals surface area contributed by atoms with E-state index in [1.807, 2.05) is 18.2 Å². The van der Waals surface area contributed by atoms with E-state index in [1.165, 1.54) is 27.8 Å². The van der Waals surface area contributed by atoms with Crippen LogP contribution in [-0.2, 0) is 31.1 Å². The zero-order chi connectivity index (χ0) is 21.1. The maximum Gasteiger partial charge on any atom is 0.335 e. The summed E-state index contributed by atoms with van der Waals surface area (Å²) in [5, 5.41) is 9.09. The van der Waals surface area contributed by atoms with E-state index in [2.05, 4.69) is 43.3 Å². The van der Waals surface area contributed by atoms with Gasteiger partial charge in [-0.25, -0.2) is 4.79 Å². The van der Waals surface area contributed by atoms with Crippen molar-refractivity contribution in [1.29, 1.82) is 0 Å². The highest BCUT2D eigenvalue weighted by atomic mass is 16.5. The van der Waals surface area contributed by atoms with Crippen LogP contribution in [-0.4, -0.2) is 18.2 Å². The van der Waals surface area contributed by atoms with Crippen molar-refractivity contribution in [2.75, 3.05) is 7.11 Å². The van der Waals surface area contributed by atoms with Crippen LogP contribution in [0.25, 0.3) is 0 Å². The Morgan fingerprint density at radius 1 is 1.00 bits per heavy atom. The molecule has 3 aromatic rings. The lowest BCUT2D eigenvalue weighted by Gasteiger charge is -2.28. The molecule has 4 rings (SSSR count).